The predicted molar refractivity (Wildman–Crippen MR) is 118 cm³/mol. The van der Waals surface area contributed by atoms with Crippen molar-refractivity contribution in [2.75, 3.05) is 18.8 Å². The summed E-state index contributed by atoms with van der Waals surface area (Å²) in [5.41, 5.74) is 6.57. The van der Waals surface area contributed by atoms with Gasteiger partial charge in [-0.3, -0.25) is 0 Å². The van der Waals surface area contributed by atoms with Crippen molar-refractivity contribution >= 4 is 37.4 Å². The highest BCUT2D eigenvalue weighted by Crippen LogP contribution is 2.31. The van der Waals surface area contributed by atoms with Crippen molar-refractivity contribution in [2.45, 2.75) is 43.7 Å². The Labute approximate surface area is 188 Å². The molecule has 11 heteroatoms. The lowest BCUT2D eigenvalue weighted by Crippen LogP contribution is -2.40. The van der Waals surface area contributed by atoms with Gasteiger partial charge in [0.05, 0.1) is 21.3 Å². The molecule has 0 amide bonds. The van der Waals surface area contributed by atoms with Gasteiger partial charge in [0.1, 0.15) is 11.7 Å². The van der Waals surface area contributed by atoms with Gasteiger partial charge in [-0.25, -0.2) is 26.7 Å². The lowest BCUT2D eigenvalue weighted by molar-refractivity contribution is 0.203. The SMILES string of the molecule is CC(C)c1c(Br)c(F)c2cnc(N)nn12.O=S(=O)(c1ccccc1)N1CCCC(F)C1. The smallest absolute Gasteiger partial charge is 0.243 e. The van der Waals surface area contributed by atoms with E-state index >= 15 is 0 Å². The summed E-state index contributed by atoms with van der Waals surface area (Å²) in [5, 5.41) is 3.99. The highest BCUT2D eigenvalue weighted by Gasteiger charge is 2.29. The fourth-order valence-electron chi connectivity index (χ4n) is 3.37. The monoisotopic (exact) mass is 515 g/mol. The van der Waals surface area contributed by atoms with Gasteiger partial charge in [-0.1, -0.05) is 32.0 Å². The van der Waals surface area contributed by atoms with Crippen LogP contribution in [0.25, 0.3) is 5.52 Å². The van der Waals surface area contributed by atoms with Gasteiger partial charge in [-0.15, -0.1) is 5.10 Å². The van der Waals surface area contributed by atoms with Crippen LogP contribution < -0.4 is 5.73 Å². The van der Waals surface area contributed by atoms with Crippen LogP contribution in [0.3, 0.4) is 0 Å². The van der Waals surface area contributed by atoms with Crippen LogP contribution in [-0.2, 0) is 10.0 Å². The van der Waals surface area contributed by atoms with Crippen molar-refractivity contribution in [1.82, 2.24) is 18.9 Å². The number of rotatable bonds is 3. The number of hydrogen-bond donors (Lipinski definition) is 1. The van der Waals surface area contributed by atoms with Crippen LogP contribution >= 0.6 is 15.9 Å². The highest BCUT2D eigenvalue weighted by atomic mass is 79.9. The maximum atomic E-state index is 13.7. The summed E-state index contributed by atoms with van der Waals surface area (Å²) in [7, 11) is -3.50. The zero-order valence-electron chi connectivity index (χ0n) is 17.2. The van der Waals surface area contributed by atoms with Gasteiger partial charge in [-0.2, -0.15) is 4.31 Å². The number of aromatic nitrogens is 3. The molecule has 1 unspecified atom stereocenters. The second-order valence-corrected chi connectivity index (χ2v) is 10.2. The minimum atomic E-state index is -3.50. The molecular weight excluding hydrogens is 492 g/mol. The molecular formula is C20H24BrF2N5O2S. The number of halogens is 3. The molecule has 1 atom stereocenters. The molecule has 0 radical (unpaired) electrons. The molecule has 3 aromatic rings. The van der Waals surface area contributed by atoms with Gasteiger partial charge in [-0.05, 0) is 46.8 Å². The minimum Gasteiger partial charge on any atom is -0.367 e. The lowest BCUT2D eigenvalue weighted by atomic mass is 10.1. The molecule has 168 valence electrons. The summed E-state index contributed by atoms with van der Waals surface area (Å²) in [4.78, 5) is 4.01. The minimum absolute atomic E-state index is 0.0166. The van der Waals surface area contributed by atoms with E-state index in [1.807, 2.05) is 13.8 Å². The van der Waals surface area contributed by atoms with E-state index < -0.39 is 16.2 Å². The van der Waals surface area contributed by atoms with Crippen molar-refractivity contribution in [3.63, 3.8) is 0 Å². The molecule has 31 heavy (non-hydrogen) atoms. The fourth-order valence-corrected chi connectivity index (χ4v) is 5.72. The maximum Gasteiger partial charge on any atom is 0.243 e. The zero-order chi connectivity index (χ0) is 22.8. The molecule has 0 bridgehead atoms. The van der Waals surface area contributed by atoms with E-state index in [1.54, 1.807) is 18.2 Å². The molecule has 2 N–H and O–H groups in total. The van der Waals surface area contributed by atoms with Crippen LogP contribution in [0, 0.1) is 5.82 Å². The molecule has 4 rings (SSSR count). The Bertz CT molecular complexity index is 1160. The molecule has 1 aromatic carbocycles. The average Bonchev–Trinajstić information content (AvgIpc) is 2.99. The maximum absolute atomic E-state index is 13.7. The summed E-state index contributed by atoms with van der Waals surface area (Å²) in [6.45, 7) is 4.32. The molecule has 1 aliphatic rings. The van der Waals surface area contributed by atoms with E-state index in [9.17, 15) is 17.2 Å². The van der Waals surface area contributed by atoms with Crippen LogP contribution in [0.15, 0.2) is 45.9 Å². The number of nitrogens with two attached hydrogens (primary N) is 1. The number of nitrogens with zero attached hydrogens (tertiary/aromatic N) is 4. The third kappa shape index (κ3) is 5.04. The predicted octanol–water partition coefficient (Wildman–Crippen LogP) is 4.15. The van der Waals surface area contributed by atoms with Gasteiger partial charge < -0.3 is 5.73 Å². The zero-order valence-corrected chi connectivity index (χ0v) is 19.6. The molecule has 0 spiro atoms. The number of nitrogen functional groups attached to an aromatic ring is 1. The second-order valence-electron chi connectivity index (χ2n) is 7.50. The third-order valence-corrected chi connectivity index (χ3v) is 7.51. The highest BCUT2D eigenvalue weighted by molar-refractivity contribution is 9.10. The first-order valence-electron chi connectivity index (χ1n) is 9.80. The van der Waals surface area contributed by atoms with Crippen LogP contribution in [0.5, 0.6) is 0 Å². The Kier molecular flexibility index (Phi) is 7.28. The molecule has 3 heterocycles. The van der Waals surface area contributed by atoms with Crippen LogP contribution in [0.4, 0.5) is 14.7 Å². The topological polar surface area (TPSA) is 93.6 Å². The number of hydrogen-bond acceptors (Lipinski definition) is 5. The van der Waals surface area contributed by atoms with E-state index in [-0.39, 0.29) is 29.1 Å². The van der Waals surface area contributed by atoms with Gasteiger partial charge in [0.25, 0.3) is 0 Å². The Morgan fingerprint density at radius 1 is 1.26 bits per heavy atom. The van der Waals surface area contributed by atoms with E-state index in [0.717, 1.165) is 5.69 Å². The number of alkyl halides is 1. The summed E-state index contributed by atoms with van der Waals surface area (Å²) in [5.74, 6) is -0.0729. The number of anilines is 1. The van der Waals surface area contributed by atoms with Gasteiger partial charge in [0.15, 0.2) is 5.82 Å². The molecule has 7 nitrogen and oxygen atoms in total. The number of benzene rings is 1. The van der Waals surface area contributed by atoms with Crippen molar-refractivity contribution in [3.05, 3.63) is 52.5 Å². The number of sulfonamides is 1. The Morgan fingerprint density at radius 2 is 1.94 bits per heavy atom. The average molecular weight is 516 g/mol. The number of piperidine rings is 1. The van der Waals surface area contributed by atoms with Gasteiger partial charge in [0, 0.05) is 13.1 Å². The van der Waals surface area contributed by atoms with Crippen LogP contribution in [0.2, 0.25) is 0 Å². The second kappa shape index (κ2) is 9.58. The van der Waals surface area contributed by atoms with E-state index in [0.29, 0.717) is 29.4 Å². The van der Waals surface area contributed by atoms with Crippen LogP contribution in [-0.4, -0.2) is 46.6 Å². The van der Waals surface area contributed by atoms with Crippen molar-refractivity contribution in [2.24, 2.45) is 0 Å². The normalized spacial score (nSPS) is 17.5. The molecule has 1 aliphatic heterocycles. The van der Waals surface area contributed by atoms with E-state index in [4.69, 9.17) is 5.73 Å². The standard InChI is InChI=1S/C11H14FNO2S.C9H10BrFN4/c12-10-5-4-8-13(9-10)16(14,15)11-6-2-1-3-7-11;1-4(2)8-6(10)7(11)5-3-13-9(12)14-15(5)8/h1-3,6-7,10H,4-5,8-9H2;3-4H,1-2H3,(H2,12,14). The largest absolute Gasteiger partial charge is 0.367 e. The molecule has 1 fully saturated rings. The summed E-state index contributed by atoms with van der Waals surface area (Å²) < 4.78 is 54.2. The summed E-state index contributed by atoms with van der Waals surface area (Å²) in [6.07, 6.45) is 1.40. The lowest BCUT2D eigenvalue weighted by Gasteiger charge is -2.28. The Balaban J connectivity index is 0.000000176. The van der Waals surface area contributed by atoms with E-state index in [2.05, 4.69) is 26.0 Å². The van der Waals surface area contributed by atoms with E-state index in [1.165, 1.54) is 27.2 Å². The summed E-state index contributed by atoms with van der Waals surface area (Å²) >= 11 is 3.21. The molecule has 2 aromatic heterocycles. The summed E-state index contributed by atoms with van der Waals surface area (Å²) in [6, 6.07) is 8.18. The quantitative estimate of drug-likeness (QED) is 0.565. The first-order valence-corrected chi connectivity index (χ1v) is 12.0. The van der Waals surface area contributed by atoms with Crippen molar-refractivity contribution in [3.8, 4) is 0 Å². The van der Waals surface area contributed by atoms with Gasteiger partial charge in [0.2, 0.25) is 16.0 Å². The van der Waals surface area contributed by atoms with Crippen molar-refractivity contribution in [1.29, 1.82) is 0 Å². The van der Waals surface area contributed by atoms with Gasteiger partial charge >= 0.3 is 0 Å². The molecule has 0 aliphatic carbocycles. The Morgan fingerprint density at radius 3 is 2.55 bits per heavy atom. The molecule has 1 saturated heterocycles. The Hall–Kier alpha value is -2.11. The van der Waals surface area contributed by atoms with Crippen molar-refractivity contribution < 1.29 is 17.2 Å². The number of fused-ring (bicyclic) bond motifs is 1. The molecule has 0 saturated carbocycles. The fraction of sp³-hybridized carbons (Fsp3) is 0.400. The third-order valence-electron chi connectivity index (χ3n) is 4.87. The van der Waals surface area contributed by atoms with Crippen LogP contribution in [0.1, 0.15) is 38.3 Å². The first-order chi connectivity index (χ1) is 14.6. The first kappa shape index (κ1) is 23.6.